The van der Waals surface area contributed by atoms with E-state index in [0.29, 0.717) is 10.0 Å². The van der Waals surface area contributed by atoms with E-state index in [-0.39, 0.29) is 0 Å². The van der Waals surface area contributed by atoms with Gasteiger partial charge < -0.3 is 9.47 Å². The predicted molar refractivity (Wildman–Crippen MR) is 99.0 cm³/mol. The van der Waals surface area contributed by atoms with Crippen molar-refractivity contribution < 1.29 is 0 Å². The Morgan fingerprint density at radius 3 is 2.57 bits per heavy atom. The number of benzene rings is 1. The summed E-state index contributed by atoms with van der Waals surface area (Å²) >= 11 is 13.9. The van der Waals surface area contributed by atoms with Crippen molar-refractivity contribution in [3.63, 3.8) is 0 Å². The molecule has 1 saturated heterocycles. The highest BCUT2D eigenvalue weighted by molar-refractivity contribution is 7.99. The molecular formula is C16H20Cl2N4S. The lowest BCUT2D eigenvalue weighted by molar-refractivity contribution is 0.273. The number of piperazine rings is 1. The first-order valence-corrected chi connectivity index (χ1v) is 9.40. The number of thioether (sulfide) groups is 1. The molecule has 4 nitrogen and oxygen atoms in total. The first kappa shape index (κ1) is 17.0. The van der Waals surface area contributed by atoms with Crippen LogP contribution in [0.5, 0.6) is 0 Å². The maximum Gasteiger partial charge on any atom is 0.167 e. The molecule has 2 aromatic rings. The van der Waals surface area contributed by atoms with E-state index in [1.807, 2.05) is 49.4 Å². The maximum absolute atomic E-state index is 6.11. The molecule has 0 amide bonds. The number of aryl methyl sites for hydroxylation is 1. The summed E-state index contributed by atoms with van der Waals surface area (Å²) in [6, 6.07) is 5.87. The number of hydrogen-bond acceptors (Lipinski definition) is 4. The van der Waals surface area contributed by atoms with Crippen molar-refractivity contribution in [1.82, 2.24) is 14.5 Å². The van der Waals surface area contributed by atoms with Gasteiger partial charge in [0.25, 0.3) is 0 Å². The second-order valence-corrected chi connectivity index (χ2v) is 7.47. The van der Waals surface area contributed by atoms with Crippen molar-refractivity contribution in [3.8, 4) is 0 Å². The zero-order chi connectivity index (χ0) is 16.2. The molecule has 0 radical (unpaired) electrons. The number of halogens is 2. The van der Waals surface area contributed by atoms with Crippen molar-refractivity contribution in [2.45, 2.75) is 5.16 Å². The van der Waals surface area contributed by atoms with Crippen LogP contribution in [0.4, 0.5) is 5.69 Å². The summed E-state index contributed by atoms with van der Waals surface area (Å²) in [6.45, 7) is 5.27. The Labute approximate surface area is 151 Å². The van der Waals surface area contributed by atoms with Gasteiger partial charge in [-0.05, 0) is 18.2 Å². The monoisotopic (exact) mass is 370 g/mol. The molecule has 1 aromatic heterocycles. The van der Waals surface area contributed by atoms with Crippen molar-refractivity contribution in [2.24, 2.45) is 7.05 Å². The van der Waals surface area contributed by atoms with Gasteiger partial charge in [0, 0.05) is 63.6 Å². The van der Waals surface area contributed by atoms with Gasteiger partial charge >= 0.3 is 0 Å². The average Bonchev–Trinajstić information content (AvgIpc) is 2.96. The zero-order valence-electron chi connectivity index (χ0n) is 13.1. The molecule has 1 aliphatic heterocycles. The summed E-state index contributed by atoms with van der Waals surface area (Å²) in [6.07, 6.45) is 3.83. The fraction of sp³-hybridized carbons (Fsp3) is 0.438. The van der Waals surface area contributed by atoms with Gasteiger partial charge in [-0.3, -0.25) is 4.90 Å². The predicted octanol–water partition coefficient (Wildman–Crippen LogP) is 3.64. The normalized spacial score (nSPS) is 16.0. The van der Waals surface area contributed by atoms with Crippen LogP contribution in [0.2, 0.25) is 10.0 Å². The molecule has 0 saturated carbocycles. The third kappa shape index (κ3) is 4.35. The average molecular weight is 371 g/mol. The Hall–Kier alpha value is -0.880. The minimum Gasteiger partial charge on any atom is -0.369 e. The van der Waals surface area contributed by atoms with Gasteiger partial charge in [0.1, 0.15) is 0 Å². The number of aromatic nitrogens is 2. The molecule has 7 heteroatoms. The van der Waals surface area contributed by atoms with Crippen LogP contribution in [0.25, 0.3) is 0 Å². The summed E-state index contributed by atoms with van der Waals surface area (Å²) < 4.78 is 2.06. The highest BCUT2D eigenvalue weighted by Crippen LogP contribution is 2.27. The van der Waals surface area contributed by atoms with Crippen LogP contribution in [0, 0.1) is 0 Å². The van der Waals surface area contributed by atoms with Crippen molar-refractivity contribution in [3.05, 3.63) is 40.6 Å². The molecule has 23 heavy (non-hydrogen) atoms. The van der Waals surface area contributed by atoms with Gasteiger partial charge in [-0.1, -0.05) is 35.0 Å². The third-order valence-electron chi connectivity index (χ3n) is 4.06. The van der Waals surface area contributed by atoms with Gasteiger partial charge in [-0.2, -0.15) is 0 Å². The van der Waals surface area contributed by atoms with Crippen LogP contribution in [0.15, 0.2) is 35.7 Å². The molecule has 1 aromatic carbocycles. The topological polar surface area (TPSA) is 24.3 Å². The van der Waals surface area contributed by atoms with Gasteiger partial charge in [0.15, 0.2) is 5.16 Å². The molecule has 0 atom stereocenters. The first-order valence-electron chi connectivity index (χ1n) is 7.66. The van der Waals surface area contributed by atoms with Crippen LogP contribution in [-0.2, 0) is 7.05 Å². The molecule has 124 valence electrons. The second kappa shape index (κ2) is 7.79. The maximum atomic E-state index is 6.11. The molecule has 3 rings (SSSR count). The highest BCUT2D eigenvalue weighted by atomic mass is 35.5. The quantitative estimate of drug-likeness (QED) is 0.749. The molecular weight excluding hydrogens is 351 g/mol. The Morgan fingerprint density at radius 1 is 1.13 bits per heavy atom. The molecule has 0 bridgehead atoms. The standard InChI is InChI=1S/C16H20Cl2N4S/c1-20-5-4-19-16(20)23-11-10-21-6-8-22(9-7-21)13-2-3-14(17)15(18)12-13/h2-5,12H,6-11H2,1H3. The zero-order valence-corrected chi connectivity index (χ0v) is 15.4. The number of rotatable bonds is 5. The van der Waals surface area contributed by atoms with Crippen molar-refractivity contribution in [2.75, 3.05) is 43.4 Å². The second-order valence-electron chi connectivity index (χ2n) is 5.60. The number of hydrogen-bond donors (Lipinski definition) is 0. The smallest absolute Gasteiger partial charge is 0.167 e. The Morgan fingerprint density at radius 2 is 1.91 bits per heavy atom. The van der Waals surface area contributed by atoms with Gasteiger partial charge in [0.05, 0.1) is 10.0 Å². The molecule has 1 aliphatic rings. The van der Waals surface area contributed by atoms with E-state index in [2.05, 4.69) is 19.4 Å². The summed E-state index contributed by atoms with van der Waals surface area (Å²) in [7, 11) is 2.03. The molecule has 0 unspecified atom stereocenters. The summed E-state index contributed by atoms with van der Waals surface area (Å²) in [5, 5.41) is 2.32. The van der Waals surface area contributed by atoms with Crippen LogP contribution in [0.1, 0.15) is 0 Å². The SMILES string of the molecule is Cn1ccnc1SCCN1CCN(c2ccc(Cl)c(Cl)c2)CC1. The van der Waals surface area contributed by atoms with Crippen molar-refractivity contribution >= 4 is 40.7 Å². The van der Waals surface area contributed by atoms with Crippen molar-refractivity contribution in [1.29, 1.82) is 0 Å². The minimum absolute atomic E-state index is 0.611. The van der Waals surface area contributed by atoms with Gasteiger partial charge in [-0.25, -0.2) is 4.98 Å². The molecule has 0 aliphatic carbocycles. The van der Waals surface area contributed by atoms with Gasteiger partial charge in [0.2, 0.25) is 0 Å². The lowest BCUT2D eigenvalue weighted by Gasteiger charge is -2.36. The van der Waals surface area contributed by atoms with E-state index >= 15 is 0 Å². The van der Waals surface area contributed by atoms with E-state index in [9.17, 15) is 0 Å². The lowest BCUT2D eigenvalue weighted by Crippen LogP contribution is -2.47. The minimum atomic E-state index is 0.611. The lowest BCUT2D eigenvalue weighted by atomic mass is 10.2. The van der Waals surface area contributed by atoms with Crippen LogP contribution >= 0.6 is 35.0 Å². The summed E-state index contributed by atoms with van der Waals surface area (Å²) in [4.78, 5) is 9.21. The Kier molecular flexibility index (Phi) is 5.75. The number of anilines is 1. The summed E-state index contributed by atoms with van der Waals surface area (Å²) in [5.74, 6) is 1.07. The highest BCUT2D eigenvalue weighted by Gasteiger charge is 2.17. The third-order valence-corrected chi connectivity index (χ3v) is 5.83. The van der Waals surface area contributed by atoms with E-state index in [1.54, 1.807) is 0 Å². The Bertz CT molecular complexity index is 653. The van der Waals surface area contributed by atoms with E-state index in [0.717, 1.165) is 49.3 Å². The summed E-state index contributed by atoms with van der Waals surface area (Å²) in [5.41, 5.74) is 1.15. The van der Waals surface area contributed by atoms with E-state index in [1.165, 1.54) is 0 Å². The van der Waals surface area contributed by atoms with E-state index in [4.69, 9.17) is 23.2 Å². The molecule has 0 spiro atoms. The van der Waals surface area contributed by atoms with Gasteiger partial charge in [-0.15, -0.1) is 0 Å². The van der Waals surface area contributed by atoms with Crippen LogP contribution < -0.4 is 4.90 Å². The largest absolute Gasteiger partial charge is 0.369 e. The fourth-order valence-corrected chi connectivity index (χ4v) is 3.89. The number of nitrogens with zero attached hydrogens (tertiary/aromatic N) is 4. The first-order chi connectivity index (χ1) is 11.1. The molecule has 2 heterocycles. The Balaban J connectivity index is 1.45. The molecule has 1 fully saturated rings. The van der Waals surface area contributed by atoms with Crippen LogP contribution in [0.3, 0.4) is 0 Å². The molecule has 0 N–H and O–H groups in total. The van der Waals surface area contributed by atoms with E-state index < -0.39 is 0 Å². The van der Waals surface area contributed by atoms with Crippen LogP contribution in [-0.4, -0.2) is 52.9 Å². The number of imidazole rings is 1. The fourth-order valence-electron chi connectivity index (χ4n) is 2.67.